The van der Waals surface area contributed by atoms with E-state index in [0.717, 1.165) is 23.7 Å². The Bertz CT molecular complexity index is 635. The van der Waals surface area contributed by atoms with Gasteiger partial charge in [-0.15, -0.1) is 0 Å². The summed E-state index contributed by atoms with van der Waals surface area (Å²) < 4.78 is 5.11. The zero-order chi connectivity index (χ0) is 25.1. The predicted molar refractivity (Wildman–Crippen MR) is 141 cm³/mol. The van der Waals surface area contributed by atoms with Crippen molar-refractivity contribution in [2.45, 2.75) is 54.9 Å². The number of nitrogens with one attached hydrogen (secondary N) is 1. The molecule has 0 aliphatic rings. The number of halogens is 1. The van der Waals surface area contributed by atoms with Gasteiger partial charge in [-0.3, -0.25) is 15.2 Å². The van der Waals surface area contributed by atoms with Gasteiger partial charge < -0.3 is 4.74 Å². The van der Waals surface area contributed by atoms with Crippen LogP contribution >= 0.6 is 11.6 Å². The molecule has 0 saturated heterocycles. The summed E-state index contributed by atoms with van der Waals surface area (Å²) in [5.74, 6) is 1.68. The van der Waals surface area contributed by atoms with Crippen LogP contribution in [0.4, 0.5) is 0 Å². The van der Waals surface area contributed by atoms with E-state index in [1.807, 2.05) is 72.7 Å². The van der Waals surface area contributed by atoms with Gasteiger partial charge in [0.1, 0.15) is 17.9 Å². The number of rotatable bonds is 6. The third-order valence-corrected chi connectivity index (χ3v) is 3.15. The smallest absolute Gasteiger partial charge is 0.149 e. The number of nitrogens with zero attached hydrogens (tertiary/aromatic N) is 2. The molecule has 1 N–H and O–H groups in total. The van der Waals surface area contributed by atoms with Crippen molar-refractivity contribution in [3.05, 3.63) is 66.2 Å². The van der Waals surface area contributed by atoms with Crippen molar-refractivity contribution in [2.75, 3.05) is 14.2 Å². The van der Waals surface area contributed by atoms with E-state index in [2.05, 4.69) is 28.7 Å². The quantitative estimate of drug-likeness (QED) is 0.126. The average molecular weight is 452 g/mol. The summed E-state index contributed by atoms with van der Waals surface area (Å²) in [4.78, 5) is 13.5. The molecule has 0 aromatic heterocycles. The Hall–Kier alpha value is -2.66. The highest BCUT2D eigenvalue weighted by molar-refractivity contribution is 6.25. The van der Waals surface area contributed by atoms with Gasteiger partial charge in [-0.05, 0) is 44.0 Å². The topological polar surface area (TPSA) is 63.0 Å². The molecule has 0 spiro atoms. The lowest BCUT2D eigenvalue weighted by molar-refractivity contribution is -0.104. The van der Waals surface area contributed by atoms with Crippen LogP contribution in [0.1, 0.15) is 54.0 Å². The highest BCUT2D eigenvalue weighted by Gasteiger charge is 1.97. The summed E-state index contributed by atoms with van der Waals surface area (Å²) in [5, 5.41) is 4.24. The van der Waals surface area contributed by atoms with Crippen molar-refractivity contribution >= 4 is 29.4 Å². The number of amidine groups is 1. The molecule has 0 aliphatic carbocycles. The van der Waals surface area contributed by atoms with Gasteiger partial charge >= 0.3 is 0 Å². The molecule has 1 aromatic rings. The van der Waals surface area contributed by atoms with Gasteiger partial charge in [0.15, 0.2) is 0 Å². The van der Waals surface area contributed by atoms with Crippen LogP contribution in [0.5, 0.6) is 5.75 Å². The first kappa shape index (κ1) is 35.8. The first-order valence-corrected chi connectivity index (χ1v) is 10.6. The van der Waals surface area contributed by atoms with Gasteiger partial charge in [0, 0.05) is 24.8 Å². The zero-order valence-corrected chi connectivity index (χ0v) is 21.6. The van der Waals surface area contributed by atoms with Crippen molar-refractivity contribution in [2.24, 2.45) is 10.1 Å². The third kappa shape index (κ3) is 27.3. The summed E-state index contributed by atoms with van der Waals surface area (Å²) in [7, 11) is 3.40. The molecule has 0 fully saturated rings. The molecule has 1 aromatic carbocycles. The first-order chi connectivity index (χ1) is 14.9. The molecule has 176 valence electrons. The molecular formula is C25H42ClN3O2. The number of aliphatic imine (C=N–C) groups is 1. The molecule has 0 amide bonds. The Morgan fingerprint density at radius 3 is 1.94 bits per heavy atom. The van der Waals surface area contributed by atoms with Crippen LogP contribution in [0, 0.1) is 0 Å². The molecule has 0 heterocycles. The molecular weight excluding hydrogens is 410 g/mol. The number of ether oxygens (including phenoxy) is 1. The Labute approximate surface area is 195 Å². The molecule has 0 radical (unpaired) electrons. The van der Waals surface area contributed by atoms with Crippen molar-refractivity contribution in [3.63, 3.8) is 0 Å². The van der Waals surface area contributed by atoms with E-state index in [-0.39, 0.29) is 0 Å². The number of carbonyl (C=O) groups is 1. The minimum atomic E-state index is 0.426. The fraction of sp³-hybridized carbons (Fsp3) is 0.400. The maximum absolute atomic E-state index is 9.57. The molecule has 31 heavy (non-hydrogen) atoms. The van der Waals surface area contributed by atoms with Gasteiger partial charge in [-0.2, -0.15) is 5.10 Å². The Balaban J connectivity index is -0.000000215. The molecule has 0 aliphatic heterocycles. The monoisotopic (exact) mass is 451 g/mol. The molecule has 0 saturated carbocycles. The van der Waals surface area contributed by atoms with E-state index in [9.17, 15) is 4.79 Å². The summed E-state index contributed by atoms with van der Waals surface area (Å²) in [6.07, 6.45) is 4.65. The Kier molecular flexibility index (Phi) is 34.1. The fourth-order valence-electron chi connectivity index (χ4n) is 1.35. The third-order valence-electron chi connectivity index (χ3n) is 2.90. The van der Waals surface area contributed by atoms with Gasteiger partial charge in [-0.25, -0.2) is 0 Å². The minimum absolute atomic E-state index is 0.426. The van der Waals surface area contributed by atoms with E-state index >= 15 is 0 Å². The number of hydrazone groups is 1. The van der Waals surface area contributed by atoms with Crippen molar-refractivity contribution in [3.8, 4) is 5.75 Å². The van der Waals surface area contributed by atoms with E-state index in [1.54, 1.807) is 20.2 Å². The molecule has 5 nitrogen and oxygen atoms in total. The van der Waals surface area contributed by atoms with Gasteiger partial charge in [0.25, 0.3) is 0 Å². The zero-order valence-electron chi connectivity index (χ0n) is 20.8. The highest BCUT2D eigenvalue weighted by Crippen LogP contribution is 2.11. The van der Waals surface area contributed by atoms with Crippen LogP contribution in [0.25, 0.3) is 0 Å². The normalized spacial score (nSPS) is 9.74. The minimum Gasteiger partial charge on any atom is -0.497 e. The lowest BCUT2D eigenvalue weighted by atomic mass is 10.1. The standard InChI is InChI=1S/C13H19N3O.C5H6O.C3H5Cl.2C2H6/c1-10(15-16-11(2)14-3)9-12-5-7-13(17-4)8-6-12;1-3-5(2)4-6;1-2-3-4;2*1-2/h5-8H,9H2,1-4H3,(H,14,16);3-4H,1-2H2;2-3H,1H3;2*1-2H3/b15-10+;;3-2+;;. The number of hydrogen-bond donors (Lipinski definition) is 1. The molecule has 0 bridgehead atoms. The summed E-state index contributed by atoms with van der Waals surface area (Å²) >= 11 is 5.01. The number of methoxy groups -OCH3 is 1. The molecule has 0 unspecified atom stereocenters. The van der Waals surface area contributed by atoms with Crippen molar-refractivity contribution < 1.29 is 9.53 Å². The number of hydrogen-bond acceptors (Lipinski definition) is 4. The summed E-state index contributed by atoms with van der Waals surface area (Å²) in [5.41, 5.74) is 7.01. The molecule has 1 rings (SSSR count). The van der Waals surface area contributed by atoms with E-state index < -0.39 is 0 Å². The largest absolute Gasteiger partial charge is 0.497 e. The lowest BCUT2D eigenvalue weighted by Crippen LogP contribution is -2.16. The second-order valence-electron chi connectivity index (χ2n) is 5.15. The molecule has 0 atom stereocenters. The summed E-state index contributed by atoms with van der Waals surface area (Å²) in [6.45, 7) is 20.3. The maximum Gasteiger partial charge on any atom is 0.149 e. The van der Waals surface area contributed by atoms with Crippen molar-refractivity contribution in [1.82, 2.24) is 5.43 Å². The van der Waals surface area contributed by atoms with Crippen LogP contribution in [0.15, 0.2) is 70.8 Å². The second kappa shape index (κ2) is 29.5. The first-order valence-electron chi connectivity index (χ1n) is 10.2. The van der Waals surface area contributed by atoms with Crippen LogP contribution < -0.4 is 10.2 Å². The lowest BCUT2D eigenvalue weighted by Gasteiger charge is -2.04. The van der Waals surface area contributed by atoms with E-state index in [1.165, 1.54) is 17.2 Å². The van der Waals surface area contributed by atoms with E-state index in [4.69, 9.17) is 16.3 Å². The Morgan fingerprint density at radius 2 is 1.65 bits per heavy atom. The van der Waals surface area contributed by atoms with Gasteiger partial charge in [-0.1, -0.05) is 76.7 Å². The Morgan fingerprint density at radius 1 is 1.16 bits per heavy atom. The predicted octanol–water partition coefficient (Wildman–Crippen LogP) is 6.99. The van der Waals surface area contributed by atoms with Crippen LogP contribution in [0.2, 0.25) is 0 Å². The van der Waals surface area contributed by atoms with Crippen LogP contribution in [-0.2, 0) is 11.2 Å². The fourth-order valence-corrected chi connectivity index (χ4v) is 1.35. The number of aldehydes is 1. The van der Waals surface area contributed by atoms with Crippen LogP contribution in [0.3, 0.4) is 0 Å². The van der Waals surface area contributed by atoms with Gasteiger partial charge in [0.2, 0.25) is 0 Å². The highest BCUT2D eigenvalue weighted by atomic mass is 35.5. The SMILES string of the molecule is C/C=C/Cl.C=CC(=C)C=O.CC.CC.CN=C(C)N/N=C(\C)Cc1ccc(OC)cc1. The number of carbonyl (C=O) groups excluding carboxylic acids is 1. The van der Waals surface area contributed by atoms with Gasteiger partial charge in [0.05, 0.1) is 7.11 Å². The summed E-state index contributed by atoms with van der Waals surface area (Å²) in [6, 6.07) is 7.99. The van der Waals surface area contributed by atoms with Crippen LogP contribution in [-0.4, -0.2) is 32.0 Å². The molecule has 6 heteroatoms. The van der Waals surface area contributed by atoms with Crippen molar-refractivity contribution in [1.29, 1.82) is 0 Å². The maximum atomic E-state index is 9.57. The second-order valence-corrected chi connectivity index (χ2v) is 5.40. The number of allylic oxidation sites excluding steroid dienone is 3. The van der Waals surface area contributed by atoms with E-state index in [0.29, 0.717) is 11.9 Å². The average Bonchev–Trinajstić information content (AvgIpc) is 2.85. The number of benzene rings is 1.